The molecule has 0 saturated heterocycles. The molecule has 1 atom stereocenters. The number of benzene rings is 1. The second-order valence-corrected chi connectivity index (χ2v) is 2.87. The molecule has 1 nitrogen and oxygen atoms in total. The van der Waals surface area contributed by atoms with Crippen molar-refractivity contribution in [3.63, 3.8) is 0 Å². The van der Waals surface area contributed by atoms with E-state index in [9.17, 15) is 9.18 Å². The Morgan fingerprint density at radius 3 is 2.46 bits per heavy atom. The van der Waals surface area contributed by atoms with E-state index in [4.69, 9.17) is 0 Å². The van der Waals surface area contributed by atoms with Gasteiger partial charge >= 0.3 is 0 Å². The molecule has 0 spiro atoms. The Balaban J connectivity index is 2.68. The standard InChI is InChI=1S/C11H11FO/c1-2-9(8-13)7-10-3-5-11(12)6-4-10/h2-6,8-9H,1,7H2. The van der Waals surface area contributed by atoms with Gasteiger partial charge in [-0.25, -0.2) is 4.39 Å². The molecule has 0 heterocycles. The summed E-state index contributed by atoms with van der Waals surface area (Å²) in [5.74, 6) is -0.435. The maximum absolute atomic E-state index is 12.5. The number of carbonyl (C=O) groups is 1. The van der Waals surface area contributed by atoms with Crippen molar-refractivity contribution in [2.45, 2.75) is 6.42 Å². The fourth-order valence-electron chi connectivity index (χ4n) is 1.08. The van der Waals surface area contributed by atoms with Gasteiger partial charge in [0.1, 0.15) is 12.1 Å². The van der Waals surface area contributed by atoms with Crippen LogP contribution in [-0.4, -0.2) is 6.29 Å². The van der Waals surface area contributed by atoms with E-state index >= 15 is 0 Å². The quantitative estimate of drug-likeness (QED) is 0.511. The molecular weight excluding hydrogens is 167 g/mol. The lowest BCUT2D eigenvalue weighted by Crippen LogP contribution is -2.01. The maximum atomic E-state index is 12.5. The third kappa shape index (κ3) is 2.82. The van der Waals surface area contributed by atoms with Crippen LogP contribution in [0, 0.1) is 11.7 Å². The van der Waals surface area contributed by atoms with Crippen LogP contribution in [-0.2, 0) is 11.2 Å². The van der Waals surface area contributed by atoms with E-state index in [1.165, 1.54) is 12.1 Å². The fourth-order valence-corrected chi connectivity index (χ4v) is 1.08. The lowest BCUT2D eigenvalue weighted by Gasteiger charge is -2.03. The average molecular weight is 178 g/mol. The lowest BCUT2D eigenvalue weighted by molar-refractivity contribution is -0.109. The molecule has 68 valence electrons. The van der Waals surface area contributed by atoms with E-state index in [2.05, 4.69) is 6.58 Å². The number of hydrogen-bond donors (Lipinski definition) is 0. The molecule has 0 N–H and O–H groups in total. The number of rotatable bonds is 4. The van der Waals surface area contributed by atoms with E-state index in [-0.39, 0.29) is 11.7 Å². The van der Waals surface area contributed by atoms with Crippen molar-refractivity contribution < 1.29 is 9.18 Å². The molecule has 1 rings (SSSR count). The zero-order chi connectivity index (χ0) is 9.68. The van der Waals surface area contributed by atoms with E-state index in [1.54, 1.807) is 18.2 Å². The van der Waals surface area contributed by atoms with Crippen LogP contribution in [0.2, 0.25) is 0 Å². The Morgan fingerprint density at radius 1 is 1.38 bits per heavy atom. The van der Waals surface area contributed by atoms with Gasteiger partial charge in [-0.3, -0.25) is 0 Å². The minimum Gasteiger partial charge on any atom is -0.303 e. The van der Waals surface area contributed by atoms with Crippen LogP contribution in [0.5, 0.6) is 0 Å². The molecule has 0 aliphatic rings. The predicted molar refractivity (Wildman–Crippen MR) is 49.9 cm³/mol. The van der Waals surface area contributed by atoms with Crippen LogP contribution in [0.1, 0.15) is 5.56 Å². The summed E-state index contributed by atoms with van der Waals surface area (Å²) >= 11 is 0. The first-order valence-corrected chi connectivity index (χ1v) is 4.08. The minimum absolute atomic E-state index is 0.175. The zero-order valence-electron chi connectivity index (χ0n) is 7.24. The van der Waals surface area contributed by atoms with Gasteiger partial charge in [-0.15, -0.1) is 6.58 Å². The van der Waals surface area contributed by atoms with Crippen LogP contribution in [0.4, 0.5) is 4.39 Å². The van der Waals surface area contributed by atoms with E-state index in [1.807, 2.05) is 0 Å². The molecular formula is C11H11FO. The summed E-state index contributed by atoms with van der Waals surface area (Å²) < 4.78 is 12.5. The highest BCUT2D eigenvalue weighted by molar-refractivity contribution is 5.57. The van der Waals surface area contributed by atoms with E-state index < -0.39 is 0 Å². The Bertz CT molecular complexity index is 281. The van der Waals surface area contributed by atoms with Crippen LogP contribution in [0.15, 0.2) is 36.9 Å². The monoisotopic (exact) mass is 178 g/mol. The number of aldehydes is 1. The lowest BCUT2D eigenvalue weighted by atomic mass is 10.0. The second kappa shape index (κ2) is 4.55. The Labute approximate surface area is 76.9 Å². The van der Waals surface area contributed by atoms with Gasteiger partial charge in [0.25, 0.3) is 0 Å². The van der Waals surface area contributed by atoms with Gasteiger partial charge < -0.3 is 4.79 Å². The summed E-state index contributed by atoms with van der Waals surface area (Å²) in [7, 11) is 0. The molecule has 0 fully saturated rings. The molecule has 2 heteroatoms. The molecule has 0 amide bonds. The number of carbonyl (C=O) groups excluding carboxylic acids is 1. The van der Waals surface area contributed by atoms with Crippen LogP contribution in [0.3, 0.4) is 0 Å². The Hall–Kier alpha value is -1.44. The first kappa shape index (κ1) is 9.65. The number of allylic oxidation sites excluding steroid dienone is 1. The summed E-state index contributed by atoms with van der Waals surface area (Å²) in [4.78, 5) is 10.5. The third-order valence-corrected chi connectivity index (χ3v) is 1.86. The molecule has 0 aromatic heterocycles. The highest BCUT2D eigenvalue weighted by Crippen LogP contribution is 2.08. The van der Waals surface area contributed by atoms with Crippen molar-refractivity contribution in [3.8, 4) is 0 Å². The second-order valence-electron chi connectivity index (χ2n) is 2.87. The topological polar surface area (TPSA) is 17.1 Å². The fraction of sp³-hybridized carbons (Fsp3) is 0.182. The Kier molecular flexibility index (Phi) is 3.38. The van der Waals surface area contributed by atoms with Crippen molar-refractivity contribution in [1.29, 1.82) is 0 Å². The first-order valence-electron chi connectivity index (χ1n) is 4.08. The van der Waals surface area contributed by atoms with Crippen LogP contribution < -0.4 is 0 Å². The summed E-state index contributed by atoms with van der Waals surface area (Å²) in [6, 6.07) is 6.13. The van der Waals surface area contributed by atoms with Crippen molar-refractivity contribution in [3.05, 3.63) is 48.3 Å². The Morgan fingerprint density at radius 2 is 2.00 bits per heavy atom. The van der Waals surface area contributed by atoms with Gasteiger partial charge in [0, 0.05) is 5.92 Å². The molecule has 13 heavy (non-hydrogen) atoms. The van der Waals surface area contributed by atoms with Crippen molar-refractivity contribution in [2.24, 2.45) is 5.92 Å². The summed E-state index contributed by atoms with van der Waals surface area (Å²) in [6.07, 6.45) is 3.03. The van der Waals surface area contributed by atoms with E-state index in [0.717, 1.165) is 11.8 Å². The molecule has 1 aromatic carbocycles. The van der Waals surface area contributed by atoms with Gasteiger partial charge in [0.2, 0.25) is 0 Å². The maximum Gasteiger partial charge on any atom is 0.127 e. The van der Waals surface area contributed by atoms with Crippen LogP contribution >= 0.6 is 0 Å². The molecule has 0 bridgehead atoms. The van der Waals surface area contributed by atoms with Gasteiger partial charge in [-0.05, 0) is 24.1 Å². The van der Waals surface area contributed by atoms with Crippen molar-refractivity contribution in [2.75, 3.05) is 0 Å². The predicted octanol–water partition coefficient (Wildman–Crippen LogP) is 2.37. The normalized spacial score (nSPS) is 12.1. The van der Waals surface area contributed by atoms with Gasteiger partial charge in [0.15, 0.2) is 0 Å². The van der Waals surface area contributed by atoms with Gasteiger partial charge in [0.05, 0.1) is 0 Å². The van der Waals surface area contributed by atoms with Crippen molar-refractivity contribution >= 4 is 6.29 Å². The number of hydrogen-bond acceptors (Lipinski definition) is 1. The highest BCUT2D eigenvalue weighted by atomic mass is 19.1. The molecule has 0 aliphatic carbocycles. The van der Waals surface area contributed by atoms with E-state index in [0.29, 0.717) is 6.42 Å². The largest absolute Gasteiger partial charge is 0.303 e. The average Bonchev–Trinajstić information content (AvgIpc) is 2.17. The number of halogens is 1. The molecule has 1 unspecified atom stereocenters. The molecule has 0 saturated carbocycles. The van der Waals surface area contributed by atoms with Gasteiger partial charge in [-0.2, -0.15) is 0 Å². The first-order chi connectivity index (χ1) is 6.26. The minimum atomic E-state index is -0.259. The third-order valence-electron chi connectivity index (χ3n) is 1.86. The van der Waals surface area contributed by atoms with Crippen molar-refractivity contribution in [1.82, 2.24) is 0 Å². The highest BCUT2D eigenvalue weighted by Gasteiger charge is 2.03. The SMILES string of the molecule is C=CC(C=O)Cc1ccc(F)cc1. The molecule has 0 radical (unpaired) electrons. The molecule has 0 aliphatic heterocycles. The summed E-state index contributed by atoms with van der Waals surface area (Å²) in [5.41, 5.74) is 0.943. The summed E-state index contributed by atoms with van der Waals surface area (Å²) in [5, 5.41) is 0. The van der Waals surface area contributed by atoms with Crippen LogP contribution in [0.25, 0.3) is 0 Å². The summed E-state index contributed by atoms with van der Waals surface area (Å²) in [6.45, 7) is 3.54. The molecule has 1 aromatic rings. The van der Waals surface area contributed by atoms with Gasteiger partial charge in [-0.1, -0.05) is 18.2 Å². The smallest absolute Gasteiger partial charge is 0.127 e. The zero-order valence-corrected chi connectivity index (χ0v) is 7.24.